The molecule has 2 rings (SSSR count). The maximum absolute atomic E-state index is 10.9. The molecular formula is C13H14N4O2. The normalized spacial score (nSPS) is 10.1. The van der Waals surface area contributed by atoms with Crippen LogP contribution in [0.2, 0.25) is 0 Å². The van der Waals surface area contributed by atoms with Crippen LogP contribution >= 0.6 is 0 Å². The van der Waals surface area contributed by atoms with Gasteiger partial charge in [0.05, 0.1) is 5.56 Å². The summed E-state index contributed by atoms with van der Waals surface area (Å²) in [7, 11) is 0. The second-order valence-electron chi connectivity index (χ2n) is 4.04. The zero-order chi connectivity index (χ0) is 13.8. The summed E-state index contributed by atoms with van der Waals surface area (Å²) in [4.78, 5) is 14.9. The Labute approximate surface area is 110 Å². The molecule has 0 aliphatic heterocycles. The van der Waals surface area contributed by atoms with E-state index in [0.717, 1.165) is 0 Å². The number of primary amides is 1. The van der Waals surface area contributed by atoms with Gasteiger partial charge in [0.1, 0.15) is 11.6 Å². The number of nitrogens with one attached hydrogen (secondary N) is 1. The highest BCUT2D eigenvalue weighted by atomic mass is 16.3. The largest absolute Gasteiger partial charge is 0.508 e. The van der Waals surface area contributed by atoms with Crippen molar-refractivity contribution in [1.29, 1.82) is 0 Å². The van der Waals surface area contributed by atoms with E-state index in [1.165, 1.54) is 12.3 Å². The number of carbonyl (C=O) groups is 1. The van der Waals surface area contributed by atoms with Gasteiger partial charge in [-0.3, -0.25) is 4.79 Å². The van der Waals surface area contributed by atoms with Crippen molar-refractivity contribution in [3.63, 3.8) is 0 Å². The fourth-order valence-electron chi connectivity index (χ4n) is 1.58. The highest BCUT2D eigenvalue weighted by Gasteiger charge is 2.03. The van der Waals surface area contributed by atoms with E-state index in [9.17, 15) is 9.90 Å². The van der Waals surface area contributed by atoms with Crippen LogP contribution in [0, 0.1) is 0 Å². The van der Waals surface area contributed by atoms with Gasteiger partial charge in [-0.05, 0) is 30.3 Å². The van der Waals surface area contributed by atoms with E-state index >= 15 is 0 Å². The van der Waals surface area contributed by atoms with Crippen molar-refractivity contribution in [1.82, 2.24) is 4.98 Å². The van der Waals surface area contributed by atoms with Gasteiger partial charge in [-0.2, -0.15) is 0 Å². The molecule has 0 bridgehead atoms. The third-order valence-electron chi connectivity index (χ3n) is 2.61. The number of hydrogen-bond donors (Lipinski definition) is 4. The summed E-state index contributed by atoms with van der Waals surface area (Å²) in [6, 6.07) is 8.06. The number of phenols is 1. The first-order valence-electron chi connectivity index (χ1n) is 5.63. The molecule has 0 saturated heterocycles. The average molecular weight is 258 g/mol. The number of aromatic nitrogens is 1. The van der Waals surface area contributed by atoms with Gasteiger partial charge >= 0.3 is 0 Å². The number of hydrogen-bond acceptors (Lipinski definition) is 5. The number of benzene rings is 1. The zero-order valence-corrected chi connectivity index (χ0v) is 10.1. The number of phenolic OH excluding ortho intramolecular Hbond substituents is 1. The van der Waals surface area contributed by atoms with Crippen molar-refractivity contribution in [2.24, 2.45) is 5.73 Å². The molecule has 0 spiro atoms. The summed E-state index contributed by atoms with van der Waals surface area (Å²) < 4.78 is 0. The first kappa shape index (κ1) is 12.7. The van der Waals surface area contributed by atoms with Gasteiger partial charge in [-0.1, -0.05) is 0 Å². The third-order valence-corrected chi connectivity index (χ3v) is 2.61. The highest BCUT2D eigenvalue weighted by Crippen LogP contribution is 2.20. The van der Waals surface area contributed by atoms with Gasteiger partial charge < -0.3 is 21.9 Å². The lowest BCUT2D eigenvalue weighted by Gasteiger charge is -2.08. The Morgan fingerprint density at radius 1 is 1.32 bits per heavy atom. The molecule has 6 N–H and O–H groups in total. The molecule has 6 nitrogen and oxygen atoms in total. The van der Waals surface area contributed by atoms with Gasteiger partial charge in [0.25, 0.3) is 0 Å². The third kappa shape index (κ3) is 3.12. The molecule has 0 radical (unpaired) electrons. The minimum absolute atomic E-state index is 0.162. The lowest BCUT2D eigenvalue weighted by molar-refractivity contribution is 0.1000. The maximum Gasteiger partial charge on any atom is 0.250 e. The minimum Gasteiger partial charge on any atom is -0.508 e. The predicted octanol–water partition coefficient (Wildman–Crippen LogP) is 1.08. The molecule has 19 heavy (non-hydrogen) atoms. The molecular weight excluding hydrogens is 244 g/mol. The molecule has 1 aromatic heterocycles. The summed E-state index contributed by atoms with van der Waals surface area (Å²) >= 11 is 0. The summed E-state index contributed by atoms with van der Waals surface area (Å²) in [6.07, 6.45) is 1.39. The Hall–Kier alpha value is -2.76. The number of nitrogens with zero attached hydrogens (tertiary/aromatic N) is 1. The standard InChI is InChI=1S/C13H14N4O2/c14-10-2-3-11(18)9(5-10)7-17-12-4-1-8(6-16-12)13(15)19/h1-6,18H,7,14H2,(H2,15,19)(H,16,17). The molecule has 98 valence electrons. The lowest BCUT2D eigenvalue weighted by atomic mass is 10.2. The van der Waals surface area contributed by atoms with Crippen LogP contribution in [0.3, 0.4) is 0 Å². The smallest absolute Gasteiger partial charge is 0.250 e. The maximum atomic E-state index is 10.9. The number of nitrogens with two attached hydrogens (primary N) is 2. The molecule has 0 fully saturated rings. The molecule has 0 aliphatic carbocycles. The van der Waals surface area contributed by atoms with Crippen molar-refractivity contribution in [3.8, 4) is 5.75 Å². The van der Waals surface area contributed by atoms with Crippen molar-refractivity contribution in [2.45, 2.75) is 6.54 Å². The van der Waals surface area contributed by atoms with E-state index in [2.05, 4.69) is 10.3 Å². The van der Waals surface area contributed by atoms with Crippen molar-refractivity contribution in [3.05, 3.63) is 47.7 Å². The fraction of sp³-hybridized carbons (Fsp3) is 0.0769. The average Bonchev–Trinajstić information content (AvgIpc) is 2.40. The second-order valence-corrected chi connectivity index (χ2v) is 4.04. The van der Waals surface area contributed by atoms with Crippen LogP contribution in [-0.2, 0) is 6.54 Å². The Kier molecular flexibility index (Phi) is 3.51. The van der Waals surface area contributed by atoms with E-state index in [1.807, 2.05) is 0 Å². The summed E-state index contributed by atoms with van der Waals surface area (Å²) in [5, 5.41) is 12.7. The van der Waals surface area contributed by atoms with Gasteiger partial charge in [0.15, 0.2) is 0 Å². The Bertz CT molecular complexity index is 596. The lowest BCUT2D eigenvalue weighted by Crippen LogP contribution is -2.11. The molecule has 0 aliphatic rings. The van der Waals surface area contributed by atoms with Gasteiger partial charge in [0, 0.05) is 24.0 Å². The number of nitrogen functional groups attached to an aromatic ring is 1. The van der Waals surface area contributed by atoms with E-state index < -0.39 is 5.91 Å². The van der Waals surface area contributed by atoms with Crippen LogP contribution in [0.4, 0.5) is 11.5 Å². The topological polar surface area (TPSA) is 114 Å². The highest BCUT2D eigenvalue weighted by molar-refractivity contribution is 5.92. The molecule has 1 aromatic carbocycles. The van der Waals surface area contributed by atoms with Gasteiger partial charge in [-0.25, -0.2) is 4.98 Å². The van der Waals surface area contributed by atoms with E-state index in [4.69, 9.17) is 11.5 Å². The summed E-state index contributed by atoms with van der Waals surface area (Å²) in [6.45, 7) is 0.375. The molecule has 0 unspecified atom stereocenters. The van der Waals surface area contributed by atoms with Gasteiger partial charge in [-0.15, -0.1) is 0 Å². The SMILES string of the molecule is NC(=O)c1ccc(NCc2cc(N)ccc2O)nc1. The molecule has 0 saturated carbocycles. The number of anilines is 2. The second kappa shape index (κ2) is 5.26. The summed E-state index contributed by atoms with van der Waals surface area (Å²) in [5.41, 5.74) is 12.4. The number of rotatable bonds is 4. The number of amides is 1. The molecule has 1 amide bonds. The van der Waals surface area contributed by atoms with Crippen molar-refractivity contribution >= 4 is 17.4 Å². The monoisotopic (exact) mass is 258 g/mol. The quantitative estimate of drug-likeness (QED) is 0.484. The number of carbonyl (C=O) groups excluding carboxylic acids is 1. The first-order chi connectivity index (χ1) is 9.06. The zero-order valence-electron chi connectivity index (χ0n) is 10.1. The Morgan fingerprint density at radius 2 is 2.11 bits per heavy atom. The number of aromatic hydroxyl groups is 1. The van der Waals surface area contributed by atoms with Crippen LogP contribution in [0.15, 0.2) is 36.5 Å². The number of pyridine rings is 1. The van der Waals surface area contributed by atoms with Crippen LogP contribution in [-0.4, -0.2) is 16.0 Å². The molecule has 0 atom stereocenters. The van der Waals surface area contributed by atoms with Crippen molar-refractivity contribution < 1.29 is 9.90 Å². The minimum atomic E-state index is -0.521. The van der Waals surface area contributed by atoms with Crippen LogP contribution in [0.1, 0.15) is 15.9 Å². The van der Waals surface area contributed by atoms with E-state index in [0.29, 0.717) is 29.2 Å². The van der Waals surface area contributed by atoms with E-state index in [1.54, 1.807) is 24.3 Å². The van der Waals surface area contributed by atoms with Crippen LogP contribution in [0.25, 0.3) is 0 Å². The molecule has 6 heteroatoms. The fourth-order valence-corrected chi connectivity index (χ4v) is 1.58. The van der Waals surface area contributed by atoms with Crippen molar-refractivity contribution in [2.75, 3.05) is 11.1 Å². The van der Waals surface area contributed by atoms with Crippen LogP contribution in [0.5, 0.6) is 5.75 Å². The van der Waals surface area contributed by atoms with Crippen LogP contribution < -0.4 is 16.8 Å². The predicted molar refractivity (Wildman–Crippen MR) is 72.6 cm³/mol. The molecule has 1 heterocycles. The first-order valence-corrected chi connectivity index (χ1v) is 5.63. The Balaban J connectivity index is 2.06. The van der Waals surface area contributed by atoms with E-state index in [-0.39, 0.29) is 5.75 Å². The molecule has 2 aromatic rings. The Morgan fingerprint density at radius 3 is 2.74 bits per heavy atom. The summed E-state index contributed by atoms with van der Waals surface area (Å²) in [5.74, 6) is 0.217. The van der Waals surface area contributed by atoms with Gasteiger partial charge in [0.2, 0.25) is 5.91 Å².